The predicted octanol–water partition coefficient (Wildman–Crippen LogP) is 0.766. The van der Waals surface area contributed by atoms with Gasteiger partial charge < -0.3 is 20.3 Å². The maximum Gasteiger partial charge on any atom is 0.190 e. The van der Waals surface area contributed by atoms with Crippen LogP contribution in [-0.2, 0) is 21.0 Å². The van der Waals surface area contributed by atoms with Crippen molar-refractivity contribution in [1.82, 2.24) is 15.5 Å². The largest absolute Gasteiger partial charge is 0.383 e. The van der Waals surface area contributed by atoms with E-state index >= 15 is 0 Å². The van der Waals surface area contributed by atoms with E-state index in [9.17, 15) is 8.42 Å². The van der Waals surface area contributed by atoms with E-state index in [1.165, 1.54) is 6.26 Å². The molecule has 148 valence electrons. The number of hydrogen-bond acceptors (Lipinski definition) is 5. The smallest absolute Gasteiger partial charge is 0.190 e. The van der Waals surface area contributed by atoms with Crippen LogP contribution in [0.3, 0.4) is 0 Å². The van der Waals surface area contributed by atoms with E-state index in [1.54, 1.807) is 26.3 Å². The first-order valence-corrected chi connectivity index (χ1v) is 10.7. The second-order valence-electron chi connectivity index (χ2n) is 6.24. The van der Waals surface area contributed by atoms with Crippen molar-refractivity contribution in [2.75, 3.05) is 60.2 Å². The van der Waals surface area contributed by atoms with Gasteiger partial charge in [-0.25, -0.2) is 8.42 Å². The molecule has 0 bridgehead atoms. The molecule has 1 aromatic carbocycles. The Morgan fingerprint density at radius 2 is 1.81 bits per heavy atom. The molecule has 0 heterocycles. The van der Waals surface area contributed by atoms with Crippen LogP contribution in [0, 0.1) is 0 Å². The van der Waals surface area contributed by atoms with Crippen LogP contribution < -0.4 is 10.6 Å². The van der Waals surface area contributed by atoms with E-state index in [0.29, 0.717) is 4.90 Å². The fraction of sp³-hybridized carbons (Fsp3) is 0.611. The summed E-state index contributed by atoms with van der Waals surface area (Å²) >= 11 is 0. The van der Waals surface area contributed by atoms with Crippen LogP contribution in [0.4, 0.5) is 0 Å². The van der Waals surface area contributed by atoms with Gasteiger partial charge in [0.15, 0.2) is 15.8 Å². The fourth-order valence-corrected chi connectivity index (χ4v) is 2.99. The van der Waals surface area contributed by atoms with E-state index in [-0.39, 0.29) is 0 Å². The number of hydrogen-bond donors (Lipinski definition) is 2. The van der Waals surface area contributed by atoms with Crippen LogP contribution >= 0.6 is 0 Å². The van der Waals surface area contributed by atoms with Gasteiger partial charge in [-0.1, -0.05) is 12.1 Å². The van der Waals surface area contributed by atoms with E-state index < -0.39 is 9.84 Å². The Morgan fingerprint density at radius 1 is 1.15 bits per heavy atom. The summed E-state index contributed by atoms with van der Waals surface area (Å²) in [5.41, 5.74) is 1.08. The third-order valence-corrected chi connectivity index (χ3v) is 5.10. The fourth-order valence-electron chi connectivity index (χ4n) is 2.36. The molecule has 0 unspecified atom stereocenters. The summed E-state index contributed by atoms with van der Waals surface area (Å²) in [4.78, 5) is 6.80. The van der Waals surface area contributed by atoms with Crippen molar-refractivity contribution >= 4 is 15.8 Å². The minimum absolute atomic E-state index is 0.349. The maximum absolute atomic E-state index is 11.5. The molecule has 1 rings (SSSR count). The van der Waals surface area contributed by atoms with Gasteiger partial charge in [0.05, 0.1) is 11.5 Å². The Kier molecular flexibility index (Phi) is 10.2. The van der Waals surface area contributed by atoms with Crippen LogP contribution in [0.5, 0.6) is 0 Å². The highest BCUT2D eigenvalue weighted by molar-refractivity contribution is 7.90. The molecule has 7 nitrogen and oxygen atoms in total. The zero-order chi connectivity index (χ0) is 19.4. The van der Waals surface area contributed by atoms with Crippen molar-refractivity contribution in [2.45, 2.75) is 17.7 Å². The summed E-state index contributed by atoms with van der Waals surface area (Å²) in [6, 6.07) is 7.00. The number of nitrogens with one attached hydrogen (secondary N) is 2. The average molecular weight is 385 g/mol. The van der Waals surface area contributed by atoms with Crippen molar-refractivity contribution in [1.29, 1.82) is 0 Å². The van der Waals surface area contributed by atoms with Gasteiger partial charge in [0.1, 0.15) is 0 Å². The van der Waals surface area contributed by atoms with Crippen LogP contribution in [0.2, 0.25) is 0 Å². The highest BCUT2D eigenvalue weighted by atomic mass is 32.2. The van der Waals surface area contributed by atoms with Crippen LogP contribution in [-0.4, -0.2) is 79.5 Å². The molecule has 0 spiro atoms. The van der Waals surface area contributed by atoms with Gasteiger partial charge in [0, 0.05) is 40.0 Å². The van der Waals surface area contributed by atoms with Gasteiger partial charge in [0.25, 0.3) is 0 Å². The van der Waals surface area contributed by atoms with Gasteiger partial charge in [-0.3, -0.25) is 4.99 Å². The molecule has 1 aromatic rings. The van der Waals surface area contributed by atoms with Gasteiger partial charge >= 0.3 is 0 Å². The number of guanidine groups is 1. The second kappa shape index (κ2) is 11.9. The normalized spacial score (nSPS) is 12.4. The molecule has 0 aliphatic carbocycles. The number of rotatable bonds is 11. The highest BCUT2D eigenvalue weighted by Crippen LogP contribution is 2.10. The topological polar surface area (TPSA) is 83.0 Å². The first-order chi connectivity index (χ1) is 12.4. The Bertz CT molecular complexity index is 645. The lowest BCUT2D eigenvalue weighted by atomic mass is 10.1. The highest BCUT2D eigenvalue weighted by Gasteiger charge is 2.06. The molecule has 8 heteroatoms. The van der Waals surface area contributed by atoms with Crippen LogP contribution in [0.15, 0.2) is 34.2 Å². The minimum Gasteiger partial charge on any atom is -0.383 e. The van der Waals surface area contributed by atoms with Gasteiger partial charge in [-0.2, -0.15) is 0 Å². The first kappa shape index (κ1) is 22.4. The predicted molar refractivity (Wildman–Crippen MR) is 107 cm³/mol. The number of nitrogens with zero attached hydrogens (tertiary/aromatic N) is 2. The lowest BCUT2D eigenvalue weighted by Gasteiger charge is -2.17. The van der Waals surface area contributed by atoms with E-state index in [1.807, 2.05) is 12.1 Å². The molecule has 26 heavy (non-hydrogen) atoms. The Hall–Kier alpha value is -1.64. The van der Waals surface area contributed by atoms with Gasteiger partial charge in [-0.05, 0) is 44.1 Å². The molecule has 0 aromatic heterocycles. The number of sulfone groups is 1. The third-order valence-electron chi connectivity index (χ3n) is 3.97. The van der Waals surface area contributed by atoms with Crippen molar-refractivity contribution in [3.8, 4) is 0 Å². The monoisotopic (exact) mass is 384 g/mol. The van der Waals surface area contributed by atoms with Gasteiger partial charge in [0.2, 0.25) is 0 Å². The molecule has 0 atom stereocenters. The summed E-state index contributed by atoms with van der Waals surface area (Å²) in [6.07, 6.45) is 3.03. The zero-order valence-electron chi connectivity index (χ0n) is 16.3. The summed E-state index contributed by atoms with van der Waals surface area (Å²) in [5, 5.41) is 6.57. The SMILES string of the molecule is CN=C(NCCCN(C)CCOC)NCCc1ccc(S(C)(=O)=O)cc1. The molecule has 0 amide bonds. The molecule has 0 fully saturated rings. The molecule has 0 saturated heterocycles. The maximum atomic E-state index is 11.5. The lowest BCUT2D eigenvalue weighted by molar-refractivity contribution is 0.161. The summed E-state index contributed by atoms with van der Waals surface area (Å²) in [5.74, 6) is 0.775. The zero-order valence-corrected chi connectivity index (χ0v) is 17.1. The first-order valence-electron chi connectivity index (χ1n) is 8.78. The number of benzene rings is 1. The van der Waals surface area contributed by atoms with Crippen molar-refractivity contribution < 1.29 is 13.2 Å². The molecule has 0 aliphatic rings. The quantitative estimate of drug-likeness (QED) is 0.333. The summed E-state index contributed by atoms with van der Waals surface area (Å²) in [6.45, 7) is 4.26. The van der Waals surface area contributed by atoms with Crippen molar-refractivity contribution in [3.05, 3.63) is 29.8 Å². The Balaban J connectivity index is 2.26. The van der Waals surface area contributed by atoms with Crippen LogP contribution in [0.1, 0.15) is 12.0 Å². The second-order valence-corrected chi connectivity index (χ2v) is 8.26. The molecular weight excluding hydrogens is 352 g/mol. The van der Waals surface area contributed by atoms with E-state index in [2.05, 4.69) is 27.6 Å². The molecule has 0 saturated carbocycles. The van der Waals surface area contributed by atoms with Crippen molar-refractivity contribution in [3.63, 3.8) is 0 Å². The number of ether oxygens (including phenoxy) is 1. The number of likely N-dealkylation sites (N-methyl/N-ethyl adjacent to an activating group) is 1. The Labute approximate surface area is 157 Å². The van der Waals surface area contributed by atoms with Gasteiger partial charge in [-0.15, -0.1) is 0 Å². The standard InChI is InChI=1S/C18H32N4O3S/c1-19-18(20-11-5-13-22(2)14-15-25-3)21-12-10-16-6-8-17(9-7-16)26(4,23)24/h6-9H,5,10-15H2,1-4H3,(H2,19,20,21). The number of methoxy groups -OCH3 is 1. The van der Waals surface area contributed by atoms with Crippen molar-refractivity contribution in [2.24, 2.45) is 4.99 Å². The summed E-state index contributed by atoms with van der Waals surface area (Å²) < 4.78 is 28.0. The molecular formula is C18H32N4O3S. The molecule has 0 radical (unpaired) electrons. The van der Waals surface area contributed by atoms with Crippen LogP contribution in [0.25, 0.3) is 0 Å². The minimum atomic E-state index is -3.14. The molecule has 0 aliphatic heterocycles. The van der Waals surface area contributed by atoms with E-state index in [0.717, 1.165) is 57.2 Å². The Morgan fingerprint density at radius 3 is 2.38 bits per heavy atom. The third kappa shape index (κ3) is 9.17. The van der Waals surface area contributed by atoms with E-state index in [4.69, 9.17) is 4.74 Å². The summed E-state index contributed by atoms with van der Waals surface area (Å²) in [7, 11) is 2.41. The lowest BCUT2D eigenvalue weighted by Crippen LogP contribution is -2.39. The number of aliphatic imine (C=N–C) groups is 1. The average Bonchev–Trinajstić information content (AvgIpc) is 2.61. The molecule has 2 N–H and O–H groups in total.